The zero-order valence-corrected chi connectivity index (χ0v) is 16.3. The first-order valence-corrected chi connectivity index (χ1v) is 9.05. The number of anilines is 1. The third-order valence-electron chi connectivity index (χ3n) is 4.51. The number of rotatable bonds is 3. The molecule has 28 heavy (non-hydrogen) atoms. The third kappa shape index (κ3) is 4.12. The van der Waals surface area contributed by atoms with Gasteiger partial charge in [-0.3, -0.25) is 14.4 Å². The molecule has 0 aliphatic carbocycles. The van der Waals surface area contributed by atoms with E-state index < -0.39 is 11.8 Å². The minimum absolute atomic E-state index is 0.233. The molecule has 0 saturated carbocycles. The maximum Gasteiger partial charge on any atom is 0.314 e. The molecule has 1 aliphatic rings. The van der Waals surface area contributed by atoms with E-state index in [9.17, 15) is 14.4 Å². The highest BCUT2D eigenvalue weighted by Crippen LogP contribution is 2.31. The van der Waals surface area contributed by atoms with E-state index in [1.807, 2.05) is 0 Å². The number of benzene rings is 1. The molecular formula is C19H20ClN3O5. The fourth-order valence-corrected chi connectivity index (χ4v) is 3.07. The summed E-state index contributed by atoms with van der Waals surface area (Å²) < 4.78 is 10.3. The number of nitrogens with zero attached hydrogens (tertiary/aromatic N) is 2. The molecule has 0 bridgehead atoms. The molecular weight excluding hydrogens is 386 g/mol. The summed E-state index contributed by atoms with van der Waals surface area (Å²) in [6.45, 7) is 2.95. The lowest BCUT2D eigenvalue weighted by Crippen LogP contribution is -2.53. The maximum atomic E-state index is 12.5. The van der Waals surface area contributed by atoms with Crippen molar-refractivity contribution in [3.8, 4) is 5.75 Å². The van der Waals surface area contributed by atoms with Gasteiger partial charge < -0.3 is 24.3 Å². The first-order chi connectivity index (χ1) is 13.4. The summed E-state index contributed by atoms with van der Waals surface area (Å²) in [4.78, 5) is 40.1. The molecule has 0 spiro atoms. The Balaban J connectivity index is 1.60. The van der Waals surface area contributed by atoms with Gasteiger partial charge >= 0.3 is 11.8 Å². The second-order valence-corrected chi connectivity index (χ2v) is 6.72. The number of nitrogens with one attached hydrogen (secondary N) is 1. The van der Waals surface area contributed by atoms with Crippen molar-refractivity contribution >= 4 is 35.0 Å². The van der Waals surface area contributed by atoms with E-state index in [2.05, 4.69) is 5.32 Å². The van der Waals surface area contributed by atoms with Crippen molar-refractivity contribution < 1.29 is 23.5 Å². The molecule has 148 valence electrons. The number of carbonyl (C=O) groups excluding carboxylic acids is 3. The number of amides is 3. The molecule has 1 saturated heterocycles. The van der Waals surface area contributed by atoms with Crippen molar-refractivity contribution in [2.75, 3.05) is 38.6 Å². The Bertz CT molecular complexity index is 889. The number of hydrogen-bond donors (Lipinski definition) is 1. The predicted molar refractivity (Wildman–Crippen MR) is 103 cm³/mol. The number of aryl methyl sites for hydroxylation is 1. The van der Waals surface area contributed by atoms with E-state index in [1.165, 1.54) is 18.3 Å². The first kappa shape index (κ1) is 19.8. The molecule has 8 nitrogen and oxygen atoms in total. The third-order valence-corrected chi connectivity index (χ3v) is 4.92. The van der Waals surface area contributed by atoms with Crippen LogP contribution in [0.15, 0.2) is 34.9 Å². The van der Waals surface area contributed by atoms with Crippen molar-refractivity contribution in [1.82, 2.24) is 9.80 Å². The number of piperazine rings is 1. The van der Waals surface area contributed by atoms with E-state index in [0.717, 1.165) is 5.56 Å². The van der Waals surface area contributed by atoms with Gasteiger partial charge in [0.2, 0.25) is 0 Å². The Morgan fingerprint density at radius 2 is 1.82 bits per heavy atom. The Morgan fingerprint density at radius 1 is 1.14 bits per heavy atom. The molecule has 1 N–H and O–H groups in total. The Labute approximate surface area is 167 Å². The van der Waals surface area contributed by atoms with Crippen molar-refractivity contribution in [2.45, 2.75) is 6.92 Å². The number of methoxy groups -OCH3 is 1. The molecule has 3 amide bonds. The first-order valence-electron chi connectivity index (χ1n) is 8.68. The van der Waals surface area contributed by atoms with Crippen LogP contribution in [0.4, 0.5) is 5.69 Å². The van der Waals surface area contributed by atoms with Gasteiger partial charge in [0.25, 0.3) is 5.91 Å². The van der Waals surface area contributed by atoms with Crippen LogP contribution in [0, 0.1) is 6.92 Å². The summed E-state index contributed by atoms with van der Waals surface area (Å²) >= 11 is 6.05. The summed E-state index contributed by atoms with van der Waals surface area (Å²) in [5.74, 6) is -1.05. The van der Waals surface area contributed by atoms with Crippen LogP contribution in [0.5, 0.6) is 5.75 Å². The Hall–Kier alpha value is -3.00. The van der Waals surface area contributed by atoms with Crippen molar-refractivity contribution in [2.24, 2.45) is 0 Å². The number of carbonyl (C=O) groups is 3. The van der Waals surface area contributed by atoms with Crippen LogP contribution in [0.2, 0.25) is 5.02 Å². The van der Waals surface area contributed by atoms with Gasteiger partial charge in [0, 0.05) is 37.3 Å². The topological polar surface area (TPSA) is 92.1 Å². The normalized spacial score (nSPS) is 14.0. The Morgan fingerprint density at radius 3 is 2.43 bits per heavy atom. The highest BCUT2D eigenvalue weighted by atomic mass is 35.5. The van der Waals surface area contributed by atoms with E-state index in [0.29, 0.717) is 29.5 Å². The van der Waals surface area contributed by atoms with Crippen molar-refractivity contribution in [3.05, 3.63) is 46.9 Å². The number of hydrogen-bond acceptors (Lipinski definition) is 5. The number of ether oxygens (including phenoxy) is 1. The number of furan rings is 1. The zero-order valence-electron chi connectivity index (χ0n) is 15.5. The highest BCUT2D eigenvalue weighted by molar-refractivity contribution is 6.39. The van der Waals surface area contributed by atoms with Gasteiger partial charge in [0.05, 0.1) is 19.1 Å². The van der Waals surface area contributed by atoms with Crippen LogP contribution < -0.4 is 10.1 Å². The fourth-order valence-electron chi connectivity index (χ4n) is 2.92. The van der Waals surface area contributed by atoms with Gasteiger partial charge in [-0.05, 0) is 30.7 Å². The van der Waals surface area contributed by atoms with Crippen LogP contribution in [0.1, 0.15) is 16.1 Å². The van der Waals surface area contributed by atoms with Crippen LogP contribution in [0.25, 0.3) is 0 Å². The molecule has 2 aromatic rings. The molecule has 1 aromatic heterocycles. The summed E-state index contributed by atoms with van der Waals surface area (Å²) in [6.07, 6.45) is 1.43. The van der Waals surface area contributed by atoms with Gasteiger partial charge in [-0.25, -0.2) is 0 Å². The molecule has 1 aromatic carbocycles. The van der Waals surface area contributed by atoms with Gasteiger partial charge in [0.1, 0.15) is 5.75 Å². The largest absolute Gasteiger partial charge is 0.495 e. The van der Waals surface area contributed by atoms with Crippen LogP contribution in [-0.4, -0.2) is 60.8 Å². The zero-order chi connectivity index (χ0) is 20.3. The lowest BCUT2D eigenvalue weighted by molar-refractivity contribution is -0.144. The maximum absolute atomic E-state index is 12.5. The molecule has 9 heteroatoms. The van der Waals surface area contributed by atoms with E-state index in [1.54, 1.807) is 36.1 Å². The lowest BCUT2D eigenvalue weighted by Gasteiger charge is -2.33. The van der Waals surface area contributed by atoms with Gasteiger partial charge in [-0.2, -0.15) is 0 Å². The SMILES string of the molecule is COc1cc(Cl)c(C)cc1NC(=O)C(=O)N1CCN(C(=O)c2ccco2)CC1. The minimum Gasteiger partial charge on any atom is -0.495 e. The molecule has 3 rings (SSSR count). The van der Waals surface area contributed by atoms with Gasteiger partial charge in [0.15, 0.2) is 5.76 Å². The smallest absolute Gasteiger partial charge is 0.314 e. The van der Waals surface area contributed by atoms with Crippen molar-refractivity contribution in [3.63, 3.8) is 0 Å². The van der Waals surface area contributed by atoms with E-state index in [4.69, 9.17) is 20.8 Å². The molecule has 2 heterocycles. The molecule has 1 fully saturated rings. The average molecular weight is 406 g/mol. The summed E-state index contributed by atoms with van der Waals surface area (Å²) in [5, 5.41) is 3.07. The van der Waals surface area contributed by atoms with Crippen LogP contribution in [-0.2, 0) is 9.59 Å². The van der Waals surface area contributed by atoms with E-state index >= 15 is 0 Å². The monoisotopic (exact) mass is 405 g/mol. The summed E-state index contributed by atoms with van der Waals surface area (Å²) in [6, 6.07) is 6.46. The molecule has 0 radical (unpaired) electrons. The van der Waals surface area contributed by atoms with Gasteiger partial charge in [-0.15, -0.1) is 0 Å². The standard InChI is InChI=1S/C19H20ClN3O5/c1-12-10-14(16(27-2)11-13(12)20)21-17(24)19(26)23-7-5-22(6-8-23)18(25)15-4-3-9-28-15/h3-4,9-11H,5-8H2,1-2H3,(H,21,24). The molecule has 1 aliphatic heterocycles. The van der Waals surface area contributed by atoms with Crippen LogP contribution >= 0.6 is 11.6 Å². The number of halogens is 1. The summed E-state index contributed by atoms with van der Waals surface area (Å²) in [7, 11) is 1.45. The lowest BCUT2D eigenvalue weighted by atomic mass is 10.2. The fraction of sp³-hybridized carbons (Fsp3) is 0.316. The minimum atomic E-state index is -0.772. The molecule has 0 unspecified atom stereocenters. The average Bonchev–Trinajstić information content (AvgIpc) is 3.24. The molecule has 0 atom stereocenters. The van der Waals surface area contributed by atoms with Crippen LogP contribution in [0.3, 0.4) is 0 Å². The van der Waals surface area contributed by atoms with E-state index in [-0.39, 0.29) is 24.8 Å². The van der Waals surface area contributed by atoms with Crippen molar-refractivity contribution in [1.29, 1.82) is 0 Å². The second kappa shape index (κ2) is 8.35. The van der Waals surface area contributed by atoms with Gasteiger partial charge in [-0.1, -0.05) is 11.6 Å². The summed E-state index contributed by atoms with van der Waals surface area (Å²) in [5.41, 5.74) is 1.12. The predicted octanol–water partition coefficient (Wildman–Crippen LogP) is 2.17. The second-order valence-electron chi connectivity index (χ2n) is 6.32. The quantitative estimate of drug-likeness (QED) is 0.790. The Kier molecular flexibility index (Phi) is 5.89. The highest BCUT2D eigenvalue weighted by Gasteiger charge is 2.29.